The maximum absolute atomic E-state index is 11.4. The number of ether oxygens (including phenoxy) is 2. The molecule has 1 saturated heterocycles. The fourth-order valence-electron chi connectivity index (χ4n) is 3.61. The average Bonchev–Trinajstić information content (AvgIpc) is 2.77. The van der Waals surface area contributed by atoms with Crippen molar-refractivity contribution in [2.75, 3.05) is 13.7 Å². The molecule has 1 N–H and O–H groups in total. The Morgan fingerprint density at radius 3 is 2.93 bits per heavy atom. The van der Waals surface area contributed by atoms with Gasteiger partial charge in [0.2, 0.25) is 0 Å². The summed E-state index contributed by atoms with van der Waals surface area (Å²) in [5, 5.41) is 9.91. The quantitative estimate of drug-likeness (QED) is 0.593. The zero-order valence-corrected chi connectivity index (χ0v) is 8.05. The molecule has 4 nitrogen and oxygen atoms in total. The number of hydrogen-bond acceptors (Lipinski definition) is 4. The molecule has 0 aromatic carbocycles. The highest BCUT2D eigenvalue weighted by atomic mass is 16.5. The zero-order chi connectivity index (χ0) is 9.87. The summed E-state index contributed by atoms with van der Waals surface area (Å²) >= 11 is 0. The third-order valence-corrected chi connectivity index (χ3v) is 4.18. The molecule has 78 valence electrons. The second kappa shape index (κ2) is 2.70. The summed E-state index contributed by atoms with van der Waals surface area (Å²) in [7, 11) is 1.63. The van der Waals surface area contributed by atoms with Crippen molar-refractivity contribution < 1.29 is 19.4 Å². The van der Waals surface area contributed by atoms with E-state index in [1.165, 1.54) is 0 Å². The molecule has 4 heteroatoms. The number of carbonyl (C=O) groups excluding carboxylic acids is 1. The van der Waals surface area contributed by atoms with Crippen LogP contribution in [0.25, 0.3) is 0 Å². The summed E-state index contributed by atoms with van der Waals surface area (Å²) in [6.45, 7) is 0.525. The number of cyclic esters (lactones) is 1. The lowest BCUT2D eigenvalue weighted by Gasteiger charge is -2.31. The number of fused-ring (bicyclic) bond motifs is 5. The van der Waals surface area contributed by atoms with Gasteiger partial charge in [0.1, 0.15) is 0 Å². The molecule has 14 heavy (non-hydrogen) atoms. The Labute approximate surface area is 82.2 Å². The van der Waals surface area contributed by atoms with Crippen LogP contribution in [-0.2, 0) is 14.3 Å². The van der Waals surface area contributed by atoms with Crippen molar-refractivity contribution in [3.05, 3.63) is 0 Å². The molecule has 1 heterocycles. The van der Waals surface area contributed by atoms with Crippen LogP contribution in [-0.4, -0.2) is 37.0 Å². The van der Waals surface area contributed by atoms with Gasteiger partial charge in [-0.1, -0.05) is 0 Å². The number of hydrogen-bond donors (Lipinski definition) is 1. The summed E-state index contributed by atoms with van der Waals surface area (Å²) in [4.78, 5) is 11.4. The topological polar surface area (TPSA) is 55.8 Å². The Bertz CT molecular complexity index is 277. The predicted molar refractivity (Wildman–Crippen MR) is 46.3 cm³/mol. The molecule has 0 aromatic heterocycles. The van der Waals surface area contributed by atoms with E-state index >= 15 is 0 Å². The van der Waals surface area contributed by atoms with Crippen molar-refractivity contribution >= 4 is 5.97 Å². The van der Waals surface area contributed by atoms with Crippen molar-refractivity contribution in [2.45, 2.75) is 18.6 Å². The van der Waals surface area contributed by atoms with E-state index in [4.69, 9.17) is 9.47 Å². The minimum absolute atomic E-state index is 0.0543. The number of aliphatic hydroxyl groups is 1. The highest BCUT2D eigenvalue weighted by molar-refractivity contribution is 5.76. The summed E-state index contributed by atoms with van der Waals surface area (Å²) in [6, 6.07) is 0. The maximum Gasteiger partial charge on any atom is 0.309 e. The van der Waals surface area contributed by atoms with Crippen LogP contribution in [0.3, 0.4) is 0 Å². The molecular weight excluding hydrogens is 184 g/mol. The van der Waals surface area contributed by atoms with E-state index in [0.29, 0.717) is 18.4 Å². The molecule has 1 aliphatic heterocycles. The fraction of sp³-hybridized carbons (Fsp3) is 0.900. The van der Waals surface area contributed by atoms with Crippen LogP contribution in [0.4, 0.5) is 0 Å². The molecule has 0 aromatic rings. The molecule has 3 fully saturated rings. The van der Waals surface area contributed by atoms with E-state index in [1.54, 1.807) is 7.11 Å². The van der Waals surface area contributed by atoms with E-state index in [2.05, 4.69) is 0 Å². The van der Waals surface area contributed by atoms with Crippen LogP contribution in [0.15, 0.2) is 0 Å². The molecule has 0 radical (unpaired) electrons. The first-order chi connectivity index (χ1) is 6.74. The van der Waals surface area contributed by atoms with Gasteiger partial charge in [-0.15, -0.1) is 0 Å². The van der Waals surface area contributed by atoms with Crippen LogP contribution < -0.4 is 0 Å². The van der Waals surface area contributed by atoms with Gasteiger partial charge in [-0.05, 0) is 12.3 Å². The second-order valence-corrected chi connectivity index (χ2v) is 4.57. The largest absolute Gasteiger partial charge is 0.465 e. The van der Waals surface area contributed by atoms with Crippen molar-refractivity contribution in [3.8, 4) is 0 Å². The first kappa shape index (κ1) is 8.68. The summed E-state index contributed by atoms with van der Waals surface area (Å²) < 4.78 is 10.3. The third-order valence-electron chi connectivity index (χ3n) is 4.18. The van der Waals surface area contributed by atoms with Crippen LogP contribution in [0.5, 0.6) is 0 Å². The van der Waals surface area contributed by atoms with E-state index in [1.807, 2.05) is 0 Å². The van der Waals surface area contributed by atoms with Gasteiger partial charge in [0.05, 0.1) is 24.7 Å². The first-order valence-corrected chi connectivity index (χ1v) is 5.11. The molecule has 2 saturated carbocycles. The van der Waals surface area contributed by atoms with Gasteiger partial charge in [0.25, 0.3) is 0 Å². The monoisotopic (exact) mass is 198 g/mol. The highest BCUT2D eigenvalue weighted by Gasteiger charge is 2.63. The molecule has 2 aliphatic carbocycles. The smallest absolute Gasteiger partial charge is 0.309 e. The van der Waals surface area contributed by atoms with E-state index in [0.717, 1.165) is 6.42 Å². The Morgan fingerprint density at radius 2 is 2.21 bits per heavy atom. The number of aliphatic hydroxyl groups excluding tert-OH is 1. The number of rotatable bonds is 1. The molecule has 0 amide bonds. The molecule has 2 bridgehead atoms. The Hall–Kier alpha value is -0.610. The van der Waals surface area contributed by atoms with Crippen LogP contribution in [0.2, 0.25) is 0 Å². The third kappa shape index (κ3) is 0.834. The van der Waals surface area contributed by atoms with Gasteiger partial charge >= 0.3 is 5.97 Å². The van der Waals surface area contributed by atoms with E-state index < -0.39 is 6.10 Å². The second-order valence-electron chi connectivity index (χ2n) is 4.57. The Morgan fingerprint density at radius 1 is 1.43 bits per heavy atom. The first-order valence-electron chi connectivity index (χ1n) is 5.11. The fourth-order valence-corrected chi connectivity index (χ4v) is 3.61. The number of carbonyl (C=O) groups is 1. The number of methoxy groups -OCH3 is 1. The lowest BCUT2D eigenvalue weighted by Crippen LogP contribution is -2.43. The van der Waals surface area contributed by atoms with Crippen LogP contribution in [0.1, 0.15) is 6.42 Å². The van der Waals surface area contributed by atoms with Gasteiger partial charge in [-0.25, -0.2) is 0 Å². The van der Waals surface area contributed by atoms with E-state index in [-0.39, 0.29) is 23.9 Å². The molecule has 0 unspecified atom stereocenters. The predicted octanol–water partition coefficient (Wildman–Crippen LogP) is -0.199. The average molecular weight is 198 g/mol. The Balaban J connectivity index is 1.92. The molecule has 3 aliphatic rings. The van der Waals surface area contributed by atoms with Gasteiger partial charge in [-0.3, -0.25) is 4.79 Å². The lowest BCUT2D eigenvalue weighted by atomic mass is 9.78. The summed E-state index contributed by atoms with van der Waals surface area (Å²) in [5.74, 6) is 0.514. The Kier molecular flexibility index (Phi) is 1.67. The minimum Gasteiger partial charge on any atom is -0.465 e. The maximum atomic E-state index is 11.4. The SMILES string of the molecule is CO[C@@H]1[C@H](O)[C@H]2C[C@H]1[C@H]1COC(=O)[C@H]21. The van der Waals surface area contributed by atoms with Gasteiger partial charge in [0, 0.05) is 18.9 Å². The van der Waals surface area contributed by atoms with Crippen LogP contribution >= 0.6 is 0 Å². The summed E-state index contributed by atoms with van der Waals surface area (Å²) in [5.41, 5.74) is 0. The normalized spacial score (nSPS) is 54.9. The van der Waals surface area contributed by atoms with Gasteiger partial charge in [-0.2, -0.15) is 0 Å². The van der Waals surface area contributed by atoms with Crippen molar-refractivity contribution in [3.63, 3.8) is 0 Å². The van der Waals surface area contributed by atoms with Crippen LogP contribution in [0, 0.1) is 23.7 Å². The zero-order valence-electron chi connectivity index (χ0n) is 8.05. The van der Waals surface area contributed by atoms with Crippen molar-refractivity contribution in [2.24, 2.45) is 23.7 Å². The molecular formula is C10H14O4. The lowest BCUT2D eigenvalue weighted by molar-refractivity contribution is -0.144. The number of esters is 1. The molecule has 3 rings (SSSR count). The standard InChI is InChI=1S/C10H14O4/c1-13-9-4-2-5(8(9)11)7-6(4)3-14-10(7)12/h4-9,11H,2-3H2,1H3/t4-,5-,6+,7+,8+,9-/m0/s1. The van der Waals surface area contributed by atoms with Gasteiger partial charge < -0.3 is 14.6 Å². The molecule has 0 spiro atoms. The highest BCUT2D eigenvalue weighted by Crippen LogP contribution is 2.55. The summed E-state index contributed by atoms with van der Waals surface area (Å²) in [6.07, 6.45) is 0.358. The molecule has 6 atom stereocenters. The minimum atomic E-state index is -0.475. The van der Waals surface area contributed by atoms with Crippen molar-refractivity contribution in [1.82, 2.24) is 0 Å². The van der Waals surface area contributed by atoms with Crippen molar-refractivity contribution in [1.29, 1.82) is 0 Å². The van der Waals surface area contributed by atoms with E-state index in [9.17, 15) is 9.90 Å². The van der Waals surface area contributed by atoms with Gasteiger partial charge in [0.15, 0.2) is 0 Å².